The minimum atomic E-state index is -0.484. The number of ether oxygens (including phenoxy) is 1. The number of rotatable bonds is 7. The average molecular weight is 466 g/mol. The summed E-state index contributed by atoms with van der Waals surface area (Å²) in [6.07, 6.45) is 1.57. The van der Waals surface area contributed by atoms with Gasteiger partial charge in [0, 0.05) is 11.1 Å². The van der Waals surface area contributed by atoms with Crippen LogP contribution < -0.4 is 5.32 Å². The zero-order valence-corrected chi connectivity index (χ0v) is 19.1. The molecule has 1 N–H and O–H groups in total. The lowest BCUT2D eigenvalue weighted by Gasteiger charge is -2.10. The van der Waals surface area contributed by atoms with Gasteiger partial charge in [0.2, 0.25) is 0 Å². The van der Waals surface area contributed by atoms with Crippen LogP contribution in [0, 0.1) is 0 Å². The molecule has 0 aliphatic rings. The van der Waals surface area contributed by atoms with Crippen molar-refractivity contribution in [2.45, 2.75) is 13.5 Å². The molecule has 5 aromatic rings. The van der Waals surface area contributed by atoms with Gasteiger partial charge in [-0.25, -0.2) is 9.48 Å². The van der Waals surface area contributed by atoms with Crippen LogP contribution in [-0.4, -0.2) is 28.3 Å². The standard InChI is InChI=1S/C28H23N3O4/c1-2-34-28(33)25-17-26(22-10-9-19-6-3-4-7-21(19)16-22)31(30-25)23-13-11-20(12-14-23)27(32)29-18-24-8-5-15-35-24/h3-17H,2,18H2,1H3,(H,29,32). The Kier molecular flexibility index (Phi) is 6.13. The van der Waals surface area contributed by atoms with Gasteiger partial charge in [0.1, 0.15) is 5.76 Å². The Balaban J connectivity index is 1.47. The summed E-state index contributed by atoms with van der Waals surface area (Å²) in [5.74, 6) is -0.0179. The van der Waals surface area contributed by atoms with Crippen molar-refractivity contribution >= 4 is 22.6 Å². The second kappa shape index (κ2) is 9.69. The number of amides is 1. The fourth-order valence-electron chi connectivity index (χ4n) is 3.87. The molecule has 174 valence electrons. The first-order chi connectivity index (χ1) is 17.1. The Morgan fingerprint density at radius 2 is 1.74 bits per heavy atom. The quantitative estimate of drug-likeness (QED) is 0.326. The van der Waals surface area contributed by atoms with E-state index in [2.05, 4.69) is 22.5 Å². The Bertz CT molecular complexity index is 1480. The van der Waals surface area contributed by atoms with E-state index in [9.17, 15) is 9.59 Å². The third-order valence-corrected chi connectivity index (χ3v) is 5.62. The van der Waals surface area contributed by atoms with Gasteiger partial charge in [-0.15, -0.1) is 0 Å². The number of carbonyl (C=O) groups excluding carboxylic acids is 2. The van der Waals surface area contributed by atoms with E-state index in [-0.39, 0.29) is 18.2 Å². The maximum absolute atomic E-state index is 12.5. The van der Waals surface area contributed by atoms with E-state index in [0.29, 0.717) is 23.6 Å². The molecule has 0 bridgehead atoms. The molecule has 0 saturated heterocycles. The Morgan fingerprint density at radius 3 is 2.49 bits per heavy atom. The molecular weight excluding hydrogens is 442 g/mol. The number of nitrogens with zero attached hydrogens (tertiary/aromatic N) is 2. The summed E-state index contributed by atoms with van der Waals surface area (Å²) in [6.45, 7) is 2.33. The number of nitrogens with one attached hydrogen (secondary N) is 1. The van der Waals surface area contributed by atoms with Crippen LogP contribution in [-0.2, 0) is 11.3 Å². The highest BCUT2D eigenvalue weighted by Gasteiger charge is 2.18. The highest BCUT2D eigenvalue weighted by Crippen LogP contribution is 2.28. The number of hydrogen-bond acceptors (Lipinski definition) is 5. The van der Waals surface area contributed by atoms with Crippen LogP contribution in [0.5, 0.6) is 0 Å². The van der Waals surface area contributed by atoms with Gasteiger partial charge in [-0.05, 0) is 66.2 Å². The van der Waals surface area contributed by atoms with E-state index in [4.69, 9.17) is 9.15 Å². The van der Waals surface area contributed by atoms with Gasteiger partial charge in [-0.2, -0.15) is 5.10 Å². The number of furan rings is 1. The number of aromatic nitrogens is 2. The Morgan fingerprint density at radius 1 is 0.943 bits per heavy atom. The summed E-state index contributed by atoms with van der Waals surface area (Å²) < 4.78 is 12.1. The third-order valence-electron chi connectivity index (χ3n) is 5.62. The molecule has 7 nitrogen and oxygen atoms in total. The number of carbonyl (C=O) groups is 2. The van der Waals surface area contributed by atoms with Gasteiger partial charge < -0.3 is 14.5 Å². The minimum Gasteiger partial charge on any atom is -0.467 e. The van der Waals surface area contributed by atoms with Crippen LogP contribution in [0.4, 0.5) is 0 Å². The maximum Gasteiger partial charge on any atom is 0.358 e. The molecule has 0 aliphatic heterocycles. The van der Waals surface area contributed by atoms with Crippen molar-refractivity contribution in [2.24, 2.45) is 0 Å². The largest absolute Gasteiger partial charge is 0.467 e. The highest BCUT2D eigenvalue weighted by atomic mass is 16.5. The van der Waals surface area contributed by atoms with Gasteiger partial charge in [0.25, 0.3) is 5.91 Å². The second-order valence-corrected chi connectivity index (χ2v) is 7.92. The van der Waals surface area contributed by atoms with Crippen molar-refractivity contribution in [3.63, 3.8) is 0 Å². The summed E-state index contributed by atoms with van der Waals surface area (Å²) >= 11 is 0. The van der Waals surface area contributed by atoms with Gasteiger partial charge in [0.05, 0.1) is 30.8 Å². The SMILES string of the molecule is CCOC(=O)c1cc(-c2ccc3ccccc3c2)n(-c2ccc(C(=O)NCc3ccco3)cc2)n1. The van der Waals surface area contributed by atoms with E-state index >= 15 is 0 Å². The minimum absolute atomic E-state index is 0.213. The van der Waals surface area contributed by atoms with Gasteiger partial charge in [-0.1, -0.05) is 36.4 Å². The van der Waals surface area contributed by atoms with Crippen LogP contribution in [0.3, 0.4) is 0 Å². The molecule has 5 rings (SSSR count). The van der Waals surface area contributed by atoms with Crippen LogP contribution in [0.1, 0.15) is 33.5 Å². The molecule has 2 aromatic heterocycles. The summed E-state index contributed by atoms with van der Waals surface area (Å²) in [6, 6.07) is 26.5. The topological polar surface area (TPSA) is 86.4 Å². The number of benzene rings is 3. The molecule has 0 atom stereocenters. The molecular formula is C28H23N3O4. The van der Waals surface area contributed by atoms with Gasteiger partial charge in [0.15, 0.2) is 5.69 Å². The molecule has 2 heterocycles. The lowest BCUT2D eigenvalue weighted by Crippen LogP contribution is -2.22. The number of esters is 1. The van der Waals surface area contributed by atoms with Crippen molar-refractivity contribution in [1.29, 1.82) is 0 Å². The van der Waals surface area contributed by atoms with Gasteiger partial charge in [-0.3, -0.25) is 4.79 Å². The predicted molar refractivity (Wildman–Crippen MR) is 132 cm³/mol. The summed E-state index contributed by atoms with van der Waals surface area (Å²) in [7, 11) is 0. The maximum atomic E-state index is 12.5. The average Bonchev–Trinajstić information content (AvgIpc) is 3.58. The molecule has 7 heteroatoms. The van der Waals surface area contributed by atoms with E-state index in [1.54, 1.807) is 60.3 Å². The van der Waals surface area contributed by atoms with Crippen LogP contribution in [0.25, 0.3) is 27.7 Å². The molecule has 0 unspecified atom stereocenters. The lowest BCUT2D eigenvalue weighted by molar-refractivity contribution is 0.0518. The lowest BCUT2D eigenvalue weighted by atomic mass is 10.0. The first kappa shape index (κ1) is 22.2. The summed E-state index contributed by atoms with van der Waals surface area (Å²) in [5.41, 5.74) is 3.09. The molecule has 1 amide bonds. The van der Waals surface area contributed by atoms with E-state index in [1.807, 2.05) is 30.3 Å². The smallest absolute Gasteiger partial charge is 0.358 e. The summed E-state index contributed by atoms with van der Waals surface area (Å²) in [4.78, 5) is 25.0. The third kappa shape index (κ3) is 4.70. The second-order valence-electron chi connectivity index (χ2n) is 7.92. The molecule has 0 aliphatic carbocycles. The van der Waals surface area contributed by atoms with E-state index < -0.39 is 5.97 Å². The van der Waals surface area contributed by atoms with Crippen molar-refractivity contribution in [2.75, 3.05) is 6.61 Å². The number of hydrogen-bond donors (Lipinski definition) is 1. The highest BCUT2D eigenvalue weighted by molar-refractivity contribution is 5.94. The fourth-order valence-corrected chi connectivity index (χ4v) is 3.87. The molecule has 35 heavy (non-hydrogen) atoms. The molecule has 0 fully saturated rings. The van der Waals surface area contributed by atoms with Crippen molar-refractivity contribution in [1.82, 2.24) is 15.1 Å². The van der Waals surface area contributed by atoms with E-state index in [0.717, 1.165) is 22.0 Å². The van der Waals surface area contributed by atoms with Crippen LogP contribution in [0.15, 0.2) is 95.6 Å². The van der Waals surface area contributed by atoms with Gasteiger partial charge >= 0.3 is 5.97 Å². The monoisotopic (exact) mass is 465 g/mol. The predicted octanol–water partition coefficient (Wildman–Crippen LogP) is 5.39. The molecule has 3 aromatic carbocycles. The van der Waals surface area contributed by atoms with Crippen LogP contribution in [0.2, 0.25) is 0 Å². The molecule has 0 saturated carbocycles. The normalized spacial score (nSPS) is 10.9. The zero-order chi connectivity index (χ0) is 24.2. The van der Waals surface area contributed by atoms with Crippen molar-refractivity contribution < 1.29 is 18.7 Å². The number of fused-ring (bicyclic) bond motifs is 1. The Labute approximate surface area is 201 Å². The Hall–Kier alpha value is -4.65. The van der Waals surface area contributed by atoms with Crippen molar-refractivity contribution in [3.05, 3.63) is 108 Å². The fraction of sp³-hybridized carbons (Fsp3) is 0.107. The first-order valence-electron chi connectivity index (χ1n) is 11.3. The van der Waals surface area contributed by atoms with Crippen molar-refractivity contribution in [3.8, 4) is 16.9 Å². The van der Waals surface area contributed by atoms with E-state index in [1.165, 1.54) is 0 Å². The molecule has 0 spiro atoms. The zero-order valence-electron chi connectivity index (χ0n) is 19.1. The first-order valence-corrected chi connectivity index (χ1v) is 11.3. The van der Waals surface area contributed by atoms with Crippen LogP contribution >= 0.6 is 0 Å². The molecule has 0 radical (unpaired) electrons. The summed E-state index contributed by atoms with van der Waals surface area (Å²) in [5, 5.41) is 9.57.